The summed E-state index contributed by atoms with van der Waals surface area (Å²) >= 11 is 0. The number of ether oxygens (including phenoxy) is 1. The van der Waals surface area contributed by atoms with E-state index in [4.69, 9.17) is 9.94 Å². The summed E-state index contributed by atoms with van der Waals surface area (Å²) in [6.07, 6.45) is 9.92. The Morgan fingerprint density at radius 3 is 2.39 bits per heavy atom. The number of carbonyl (C=O) groups is 1. The van der Waals surface area contributed by atoms with E-state index < -0.39 is 0 Å². The third-order valence-corrected chi connectivity index (χ3v) is 5.86. The molecular formula is C30H31N3O3. The number of aromatic nitrogens is 1. The van der Waals surface area contributed by atoms with Crippen molar-refractivity contribution in [2.75, 3.05) is 11.9 Å². The zero-order chi connectivity index (χ0) is 25.0. The van der Waals surface area contributed by atoms with E-state index in [9.17, 15) is 4.79 Å². The van der Waals surface area contributed by atoms with Gasteiger partial charge in [-0.2, -0.15) is 0 Å². The van der Waals surface area contributed by atoms with Crippen LogP contribution in [0.1, 0.15) is 43.2 Å². The van der Waals surface area contributed by atoms with Gasteiger partial charge in [0.2, 0.25) is 5.91 Å². The van der Waals surface area contributed by atoms with Gasteiger partial charge in [0.15, 0.2) is 0 Å². The van der Waals surface area contributed by atoms with Crippen LogP contribution in [0.5, 0.6) is 5.75 Å². The standard InChI is InChI=1S/C30H31N3O3/c34-30(33-35)10-6-1-2-7-21-36-26-17-18-28-27(22-26)29(19-20-31-28)32-25-15-13-24(14-16-25)12-11-23-8-4-3-5-9-23/h3-5,8-9,11-20,22,35H,1-2,6-7,10,21H2,(H,31,32)(H,33,34)/b12-11+. The molecule has 0 aliphatic heterocycles. The van der Waals surface area contributed by atoms with E-state index in [-0.39, 0.29) is 5.91 Å². The number of benzene rings is 3. The number of pyridine rings is 1. The molecule has 36 heavy (non-hydrogen) atoms. The summed E-state index contributed by atoms with van der Waals surface area (Å²) in [4.78, 5) is 15.5. The number of hydrogen-bond donors (Lipinski definition) is 3. The molecule has 1 amide bonds. The lowest BCUT2D eigenvalue weighted by Crippen LogP contribution is -2.17. The Hall–Kier alpha value is -4.16. The molecule has 0 bridgehead atoms. The number of hydroxylamine groups is 1. The third-order valence-electron chi connectivity index (χ3n) is 5.86. The van der Waals surface area contributed by atoms with Crippen LogP contribution in [0, 0.1) is 0 Å². The first-order valence-corrected chi connectivity index (χ1v) is 12.3. The predicted molar refractivity (Wildman–Crippen MR) is 145 cm³/mol. The molecule has 0 fully saturated rings. The molecule has 3 N–H and O–H groups in total. The summed E-state index contributed by atoms with van der Waals surface area (Å²) in [6.45, 7) is 0.610. The van der Waals surface area contributed by atoms with Crippen LogP contribution < -0.4 is 15.5 Å². The number of rotatable bonds is 12. The van der Waals surface area contributed by atoms with Crippen molar-refractivity contribution in [1.82, 2.24) is 10.5 Å². The van der Waals surface area contributed by atoms with E-state index in [2.05, 4.69) is 58.9 Å². The van der Waals surface area contributed by atoms with Gasteiger partial charge in [0.05, 0.1) is 12.1 Å². The van der Waals surface area contributed by atoms with Crippen LogP contribution in [0.3, 0.4) is 0 Å². The van der Waals surface area contributed by atoms with Crippen molar-refractivity contribution < 1.29 is 14.7 Å². The number of amides is 1. The fourth-order valence-corrected chi connectivity index (χ4v) is 3.90. The minimum Gasteiger partial charge on any atom is -0.494 e. The molecule has 0 radical (unpaired) electrons. The van der Waals surface area contributed by atoms with Crippen LogP contribution in [-0.2, 0) is 4.79 Å². The molecule has 0 aliphatic rings. The Labute approximate surface area is 211 Å². The van der Waals surface area contributed by atoms with Crippen molar-refractivity contribution in [3.8, 4) is 5.75 Å². The number of nitrogens with one attached hydrogen (secondary N) is 2. The average molecular weight is 482 g/mol. The number of nitrogens with zero attached hydrogens (tertiary/aromatic N) is 1. The van der Waals surface area contributed by atoms with E-state index in [1.54, 1.807) is 11.7 Å². The largest absolute Gasteiger partial charge is 0.494 e. The van der Waals surface area contributed by atoms with Gasteiger partial charge in [0, 0.05) is 29.4 Å². The van der Waals surface area contributed by atoms with Crippen LogP contribution in [0.2, 0.25) is 0 Å². The van der Waals surface area contributed by atoms with Crippen molar-refractivity contribution in [3.05, 3.63) is 96.2 Å². The number of hydrogen-bond acceptors (Lipinski definition) is 5. The monoisotopic (exact) mass is 481 g/mol. The molecule has 0 unspecified atom stereocenters. The molecule has 0 atom stereocenters. The van der Waals surface area contributed by atoms with Crippen LogP contribution >= 0.6 is 0 Å². The van der Waals surface area contributed by atoms with Crippen molar-refractivity contribution in [2.45, 2.75) is 32.1 Å². The highest BCUT2D eigenvalue weighted by Crippen LogP contribution is 2.29. The quantitative estimate of drug-likeness (QED) is 0.0879. The second-order valence-corrected chi connectivity index (χ2v) is 8.58. The first kappa shape index (κ1) is 24.9. The first-order chi connectivity index (χ1) is 17.7. The lowest BCUT2D eigenvalue weighted by atomic mass is 10.1. The highest BCUT2D eigenvalue weighted by Gasteiger charge is 2.06. The first-order valence-electron chi connectivity index (χ1n) is 12.3. The van der Waals surface area contributed by atoms with Gasteiger partial charge < -0.3 is 10.1 Å². The van der Waals surface area contributed by atoms with Crippen LogP contribution in [0.4, 0.5) is 11.4 Å². The minimum absolute atomic E-state index is 0.337. The van der Waals surface area contributed by atoms with Crippen molar-refractivity contribution in [1.29, 1.82) is 0 Å². The van der Waals surface area contributed by atoms with Gasteiger partial charge in [-0.25, -0.2) is 5.48 Å². The molecule has 1 aromatic heterocycles. The van der Waals surface area contributed by atoms with Crippen molar-refractivity contribution >= 4 is 40.3 Å². The Balaban J connectivity index is 1.34. The minimum atomic E-state index is -0.337. The second kappa shape index (κ2) is 13.1. The Bertz CT molecular complexity index is 1290. The SMILES string of the molecule is O=C(CCCCCCOc1ccc2nccc(Nc3ccc(/C=C/c4ccccc4)cc3)c2c1)NO. The smallest absolute Gasteiger partial charge is 0.243 e. The number of fused-ring (bicyclic) bond motifs is 1. The van der Waals surface area contributed by atoms with Crippen LogP contribution in [0.15, 0.2) is 85.1 Å². The number of unbranched alkanes of at least 4 members (excludes halogenated alkanes) is 3. The fraction of sp³-hybridized carbons (Fsp3) is 0.200. The average Bonchev–Trinajstić information content (AvgIpc) is 2.93. The molecule has 0 saturated heterocycles. The lowest BCUT2D eigenvalue weighted by molar-refractivity contribution is -0.129. The van der Waals surface area contributed by atoms with Gasteiger partial charge in [0.1, 0.15) is 5.75 Å². The summed E-state index contributed by atoms with van der Waals surface area (Å²) in [5.41, 5.74) is 6.84. The third kappa shape index (κ3) is 7.42. The molecule has 4 aromatic rings. The Morgan fingerprint density at radius 1 is 0.861 bits per heavy atom. The summed E-state index contributed by atoms with van der Waals surface area (Å²) in [7, 11) is 0. The van der Waals surface area contributed by atoms with E-state index in [1.807, 2.05) is 42.5 Å². The van der Waals surface area contributed by atoms with E-state index in [0.717, 1.165) is 59.3 Å². The molecular weight excluding hydrogens is 450 g/mol. The molecule has 0 spiro atoms. The summed E-state index contributed by atoms with van der Waals surface area (Å²) in [6, 6.07) is 26.5. The highest BCUT2D eigenvalue weighted by atomic mass is 16.5. The lowest BCUT2D eigenvalue weighted by Gasteiger charge is -2.12. The van der Waals surface area contributed by atoms with Crippen molar-refractivity contribution in [2.24, 2.45) is 0 Å². The maximum absolute atomic E-state index is 11.0. The molecule has 0 aliphatic carbocycles. The topological polar surface area (TPSA) is 83.5 Å². The van der Waals surface area contributed by atoms with E-state index in [0.29, 0.717) is 13.0 Å². The summed E-state index contributed by atoms with van der Waals surface area (Å²) in [5, 5.41) is 13.0. The Morgan fingerprint density at radius 2 is 1.61 bits per heavy atom. The van der Waals surface area contributed by atoms with Gasteiger partial charge in [-0.05, 0) is 60.4 Å². The molecule has 0 saturated carbocycles. The maximum Gasteiger partial charge on any atom is 0.243 e. The van der Waals surface area contributed by atoms with E-state index >= 15 is 0 Å². The van der Waals surface area contributed by atoms with Gasteiger partial charge in [-0.3, -0.25) is 15.0 Å². The second-order valence-electron chi connectivity index (χ2n) is 8.58. The molecule has 6 heteroatoms. The molecule has 3 aromatic carbocycles. The zero-order valence-electron chi connectivity index (χ0n) is 20.2. The Kier molecular flexibility index (Phi) is 9.06. The molecule has 1 heterocycles. The summed E-state index contributed by atoms with van der Waals surface area (Å²) < 4.78 is 5.96. The van der Waals surface area contributed by atoms with E-state index in [1.165, 1.54) is 5.56 Å². The normalized spacial score (nSPS) is 11.0. The van der Waals surface area contributed by atoms with Gasteiger partial charge in [-0.15, -0.1) is 0 Å². The fourth-order valence-electron chi connectivity index (χ4n) is 3.90. The summed E-state index contributed by atoms with van der Waals surface area (Å²) in [5.74, 6) is 0.468. The highest BCUT2D eigenvalue weighted by molar-refractivity contribution is 5.93. The maximum atomic E-state index is 11.0. The molecule has 184 valence electrons. The predicted octanol–water partition coefficient (Wildman–Crippen LogP) is 6.98. The number of carbonyl (C=O) groups excluding carboxylic acids is 1. The van der Waals surface area contributed by atoms with Crippen molar-refractivity contribution in [3.63, 3.8) is 0 Å². The van der Waals surface area contributed by atoms with Gasteiger partial charge in [-0.1, -0.05) is 67.5 Å². The zero-order valence-corrected chi connectivity index (χ0v) is 20.2. The molecule has 6 nitrogen and oxygen atoms in total. The molecule has 4 rings (SSSR count). The van der Waals surface area contributed by atoms with Crippen LogP contribution in [-0.4, -0.2) is 22.7 Å². The van der Waals surface area contributed by atoms with Gasteiger partial charge in [0.25, 0.3) is 0 Å². The van der Waals surface area contributed by atoms with Gasteiger partial charge >= 0.3 is 0 Å². The number of anilines is 2. The van der Waals surface area contributed by atoms with Crippen LogP contribution in [0.25, 0.3) is 23.1 Å².